The van der Waals surface area contributed by atoms with Crippen molar-refractivity contribution >= 4 is 11.5 Å². The maximum Gasteiger partial charge on any atom is 0.158 e. The van der Waals surface area contributed by atoms with Crippen molar-refractivity contribution in [1.82, 2.24) is 0 Å². The minimum absolute atomic E-state index is 0.0928. The predicted octanol–water partition coefficient (Wildman–Crippen LogP) is 3.93. The first-order chi connectivity index (χ1) is 12.0. The highest BCUT2D eigenvalue weighted by Crippen LogP contribution is 2.47. The summed E-state index contributed by atoms with van der Waals surface area (Å²) in [7, 11) is 1.63. The van der Waals surface area contributed by atoms with Crippen LogP contribution in [0.1, 0.15) is 45.1 Å². The largest absolute Gasteiger partial charge is 0.495 e. The van der Waals surface area contributed by atoms with Gasteiger partial charge in [-0.3, -0.25) is 4.79 Å². The van der Waals surface area contributed by atoms with Gasteiger partial charge >= 0.3 is 0 Å². The molecule has 1 aliphatic carbocycles. The maximum atomic E-state index is 12.4. The second-order valence-electron chi connectivity index (χ2n) is 7.43. The maximum absolute atomic E-state index is 12.4. The number of anilines is 1. The molecule has 0 spiro atoms. The number of nitrogens with two attached hydrogens (primary N) is 1. The Bertz CT molecular complexity index is 682. The van der Waals surface area contributed by atoms with Gasteiger partial charge in [0.25, 0.3) is 0 Å². The van der Waals surface area contributed by atoms with Gasteiger partial charge in [-0.1, -0.05) is 26.3 Å². The smallest absolute Gasteiger partial charge is 0.158 e. The van der Waals surface area contributed by atoms with Crippen molar-refractivity contribution < 1.29 is 14.3 Å². The minimum atomic E-state index is -0.289. The topological polar surface area (TPSA) is 61.6 Å². The molecule has 136 valence electrons. The number of benzene rings is 1. The summed E-state index contributed by atoms with van der Waals surface area (Å²) in [6.45, 7) is 5.09. The fourth-order valence-electron chi connectivity index (χ4n) is 4.47. The number of ketones is 1. The van der Waals surface area contributed by atoms with E-state index < -0.39 is 0 Å². The molecule has 1 heterocycles. The molecule has 2 N–H and O–H groups in total. The monoisotopic (exact) mass is 343 g/mol. The summed E-state index contributed by atoms with van der Waals surface area (Å²) in [6, 6.07) is 5.98. The quantitative estimate of drug-likeness (QED) is 0.795. The van der Waals surface area contributed by atoms with E-state index in [1.54, 1.807) is 7.11 Å². The van der Waals surface area contributed by atoms with Gasteiger partial charge in [0.15, 0.2) is 5.78 Å². The molecule has 1 aromatic carbocycles. The number of ether oxygens (including phenoxy) is 2. The fourth-order valence-corrected chi connectivity index (χ4v) is 4.47. The number of carbonyl (C=O) groups is 1. The third-order valence-corrected chi connectivity index (χ3v) is 5.81. The Labute approximate surface area is 150 Å². The molecule has 1 aromatic rings. The standard InChI is InChI=1S/C21H29NO3/c1-4-5-16-13-21(17(8-9-25-21)12-19(16)23)14(2)10-15-6-7-20(24-3)18(22)11-15/h6-7,11-12,14,16H,4-5,8-10,13,22H2,1-3H3/t14?,16-,21+/m0/s1. The first kappa shape index (κ1) is 18.0. The summed E-state index contributed by atoms with van der Waals surface area (Å²) >= 11 is 0. The number of methoxy groups -OCH3 is 1. The SMILES string of the molecule is CCC[C@H]1C[C@]2(C(C)Cc3ccc(OC)c(N)c3)OCCC2=CC1=O. The van der Waals surface area contributed by atoms with Crippen molar-refractivity contribution in [1.29, 1.82) is 0 Å². The summed E-state index contributed by atoms with van der Waals surface area (Å²) in [6.07, 6.45) is 6.42. The third-order valence-electron chi connectivity index (χ3n) is 5.81. The van der Waals surface area contributed by atoms with Crippen LogP contribution in [0.3, 0.4) is 0 Å². The number of allylic oxidation sites excluding steroid dienone is 1. The van der Waals surface area contributed by atoms with Crippen LogP contribution in [0.5, 0.6) is 5.75 Å². The molecule has 4 nitrogen and oxygen atoms in total. The second-order valence-corrected chi connectivity index (χ2v) is 7.43. The molecule has 0 bridgehead atoms. The number of hydrogen-bond donors (Lipinski definition) is 1. The van der Waals surface area contributed by atoms with Gasteiger partial charge in [-0.25, -0.2) is 0 Å². The third kappa shape index (κ3) is 3.32. The van der Waals surface area contributed by atoms with Crippen molar-refractivity contribution in [3.63, 3.8) is 0 Å². The van der Waals surface area contributed by atoms with Crippen LogP contribution in [-0.4, -0.2) is 25.1 Å². The molecule has 1 aliphatic heterocycles. The van der Waals surface area contributed by atoms with E-state index in [2.05, 4.69) is 19.9 Å². The Morgan fingerprint density at radius 3 is 2.92 bits per heavy atom. The van der Waals surface area contributed by atoms with Crippen LogP contribution in [0.15, 0.2) is 29.8 Å². The highest BCUT2D eigenvalue weighted by Gasteiger charge is 2.49. The molecular weight excluding hydrogens is 314 g/mol. The van der Waals surface area contributed by atoms with Crippen molar-refractivity contribution in [2.75, 3.05) is 19.5 Å². The highest BCUT2D eigenvalue weighted by molar-refractivity contribution is 5.94. The van der Waals surface area contributed by atoms with Crippen LogP contribution in [-0.2, 0) is 16.0 Å². The minimum Gasteiger partial charge on any atom is -0.495 e. The lowest BCUT2D eigenvalue weighted by Gasteiger charge is -2.41. The van der Waals surface area contributed by atoms with Crippen LogP contribution < -0.4 is 10.5 Å². The zero-order valence-electron chi connectivity index (χ0n) is 15.5. The first-order valence-corrected chi connectivity index (χ1v) is 9.31. The van der Waals surface area contributed by atoms with E-state index in [1.807, 2.05) is 18.2 Å². The van der Waals surface area contributed by atoms with Crippen LogP contribution >= 0.6 is 0 Å². The van der Waals surface area contributed by atoms with E-state index in [0.717, 1.165) is 32.1 Å². The molecule has 1 fully saturated rings. The Morgan fingerprint density at radius 1 is 1.44 bits per heavy atom. The Morgan fingerprint density at radius 2 is 2.24 bits per heavy atom. The van der Waals surface area contributed by atoms with Gasteiger partial charge in [0, 0.05) is 5.92 Å². The fraction of sp³-hybridized carbons (Fsp3) is 0.571. The molecule has 0 saturated carbocycles. The van der Waals surface area contributed by atoms with E-state index in [9.17, 15) is 4.79 Å². The number of nitrogen functional groups attached to an aromatic ring is 1. The molecule has 1 unspecified atom stereocenters. The number of fused-ring (bicyclic) bond motifs is 1. The van der Waals surface area contributed by atoms with Crippen LogP contribution in [0.25, 0.3) is 0 Å². The van der Waals surface area contributed by atoms with E-state index in [1.165, 1.54) is 11.1 Å². The first-order valence-electron chi connectivity index (χ1n) is 9.31. The van der Waals surface area contributed by atoms with Gasteiger partial charge in [-0.2, -0.15) is 0 Å². The Kier molecular flexibility index (Phi) is 5.19. The number of hydrogen-bond acceptors (Lipinski definition) is 4. The van der Waals surface area contributed by atoms with Crippen molar-refractivity contribution in [3.05, 3.63) is 35.4 Å². The second kappa shape index (κ2) is 7.20. The average Bonchev–Trinajstić information content (AvgIpc) is 2.99. The normalized spacial score (nSPS) is 26.9. The van der Waals surface area contributed by atoms with Gasteiger partial charge in [0.05, 0.1) is 25.0 Å². The summed E-state index contributed by atoms with van der Waals surface area (Å²) in [5.74, 6) is 1.38. The zero-order valence-corrected chi connectivity index (χ0v) is 15.5. The lowest BCUT2D eigenvalue weighted by molar-refractivity contribution is -0.123. The Balaban J connectivity index is 1.84. The highest BCUT2D eigenvalue weighted by atomic mass is 16.5. The molecule has 3 rings (SSSR count). The molecule has 0 aromatic heterocycles. The van der Waals surface area contributed by atoms with Gasteiger partial charge in [-0.15, -0.1) is 0 Å². The van der Waals surface area contributed by atoms with Crippen LogP contribution in [0.4, 0.5) is 5.69 Å². The molecule has 2 aliphatic rings. The molecule has 4 heteroatoms. The molecular formula is C21H29NO3. The van der Waals surface area contributed by atoms with E-state index in [0.29, 0.717) is 29.7 Å². The van der Waals surface area contributed by atoms with Crippen LogP contribution in [0.2, 0.25) is 0 Å². The van der Waals surface area contributed by atoms with Crippen molar-refractivity contribution in [2.45, 2.75) is 51.6 Å². The average molecular weight is 343 g/mol. The molecule has 0 radical (unpaired) electrons. The van der Waals surface area contributed by atoms with Gasteiger partial charge in [-0.05, 0) is 60.9 Å². The van der Waals surface area contributed by atoms with Crippen molar-refractivity contribution in [3.8, 4) is 5.75 Å². The summed E-state index contributed by atoms with van der Waals surface area (Å²) in [5.41, 5.74) is 8.80. The van der Waals surface area contributed by atoms with E-state index in [-0.39, 0.29) is 11.5 Å². The van der Waals surface area contributed by atoms with E-state index >= 15 is 0 Å². The lowest BCUT2D eigenvalue weighted by Crippen LogP contribution is -2.44. The van der Waals surface area contributed by atoms with E-state index in [4.69, 9.17) is 15.2 Å². The number of rotatable bonds is 6. The molecule has 1 saturated heterocycles. The van der Waals surface area contributed by atoms with Crippen molar-refractivity contribution in [2.24, 2.45) is 11.8 Å². The van der Waals surface area contributed by atoms with Crippen LogP contribution in [0, 0.1) is 11.8 Å². The summed E-state index contributed by atoms with van der Waals surface area (Å²) in [4.78, 5) is 12.4. The molecule has 3 atom stereocenters. The zero-order chi connectivity index (χ0) is 18.0. The summed E-state index contributed by atoms with van der Waals surface area (Å²) < 4.78 is 11.5. The Hall–Kier alpha value is -1.81. The summed E-state index contributed by atoms with van der Waals surface area (Å²) in [5, 5.41) is 0. The predicted molar refractivity (Wildman–Crippen MR) is 99.7 cm³/mol. The molecule has 0 amide bonds. The number of carbonyl (C=O) groups excluding carboxylic acids is 1. The lowest BCUT2D eigenvalue weighted by atomic mass is 9.68. The van der Waals surface area contributed by atoms with Gasteiger partial charge < -0.3 is 15.2 Å². The van der Waals surface area contributed by atoms with Gasteiger partial charge in [0.2, 0.25) is 0 Å². The van der Waals surface area contributed by atoms with Gasteiger partial charge in [0.1, 0.15) is 5.75 Å². The molecule has 25 heavy (non-hydrogen) atoms.